The fourth-order valence-corrected chi connectivity index (χ4v) is 3.24. The van der Waals surface area contributed by atoms with Gasteiger partial charge < -0.3 is 23.7 Å². The van der Waals surface area contributed by atoms with Gasteiger partial charge in [0.05, 0.1) is 37.2 Å². The summed E-state index contributed by atoms with van der Waals surface area (Å²) >= 11 is 0. The lowest BCUT2D eigenvalue weighted by molar-refractivity contribution is -0.137. The van der Waals surface area contributed by atoms with E-state index in [1.807, 2.05) is 30.3 Å². The largest absolute Gasteiger partial charge is 0.465 e. The third kappa shape index (κ3) is 4.35. The molecule has 0 N–H and O–H groups in total. The van der Waals surface area contributed by atoms with E-state index in [0.29, 0.717) is 5.69 Å². The van der Waals surface area contributed by atoms with Crippen molar-refractivity contribution in [3.8, 4) is 0 Å². The summed E-state index contributed by atoms with van der Waals surface area (Å²) < 4.78 is 16.5. The average Bonchev–Trinajstić information content (AvgIpc) is 3.16. The molecule has 1 amide bonds. The highest BCUT2D eigenvalue weighted by molar-refractivity contribution is 6.40. The molecule has 0 unspecified atom stereocenters. The Morgan fingerprint density at radius 1 is 1.03 bits per heavy atom. The molecular formula is C21H22N2O7. The summed E-state index contributed by atoms with van der Waals surface area (Å²) in [6.45, 7) is 2.27. The molecule has 2 heterocycles. The van der Waals surface area contributed by atoms with Crippen LogP contribution in [0.3, 0.4) is 0 Å². The number of fused-ring (bicyclic) bond motifs is 1. The number of ether oxygens (including phenoxy) is 3. The number of carbonyl (C=O) groups is 4. The minimum atomic E-state index is -1.00. The van der Waals surface area contributed by atoms with Crippen molar-refractivity contribution in [1.29, 1.82) is 0 Å². The van der Waals surface area contributed by atoms with Gasteiger partial charge >= 0.3 is 18.0 Å². The molecule has 0 bridgehead atoms. The van der Waals surface area contributed by atoms with Gasteiger partial charge in [-0.1, -0.05) is 30.3 Å². The lowest BCUT2D eigenvalue weighted by Crippen LogP contribution is -2.40. The SMILES string of the molecule is CCOC(=O)C(=O)c1cc(C(=O)OC)c2n1CCN(C(=O)OCc1ccccc1)C2. The van der Waals surface area contributed by atoms with E-state index in [2.05, 4.69) is 0 Å². The van der Waals surface area contributed by atoms with Gasteiger partial charge in [-0.15, -0.1) is 0 Å². The second kappa shape index (κ2) is 9.25. The summed E-state index contributed by atoms with van der Waals surface area (Å²) in [6, 6.07) is 10.6. The van der Waals surface area contributed by atoms with Gasteiger partial charge in [-0.25, -0.2) is 14.4 Å². The predicted molar refractivity (Wildman–Crippen MR) is 104 cm³/mol. The molecule has 0 fully saturated rings. The molecule has 1 aromatic carbocycles. The Kier molecular flexibility index (Phi) is 6.51. The molecule has 0 atom stereocenters. The number of hydrogen-bond donors (Lipinski definition) is 0. The first-order chi connectivity index (χ1) is 14.5. The Bertz CT molecular complexity index is 965. The second-order valence-corrected chi connectivity index (χ2v) is 6.54. The summed E-state index contributed by atoms with van der Waals surface area (Å²) in [5, 5.41) is 0. The molecule has 158 valence electrons. The number of amides is 1. The Hall–Kier alpha value is -3.62. The number of carbonyl (C=O) groups excluding carboxylic acids is 4. The van der Waals surface area contributed by atoms with Gasteiger partial charge in [0, 0.05) is 13.1 Å². The van der Waals surface area contributed by atoms with Crippen molar-refractivity contribution < 1.29 is 33.4 Å². The van der Waals surface area contributed by atoms with Crippen LogP contribution in [0.1, 0.15) is 39.0 Å². The molecule has 2 aromatic rings. The van der Waals surface area contributed by atoms with E-state index in [4.69, 9.17) is 14.2 Å². The van der Waals surface area contributed by atoms with E-state index in [-0.39, 0.29) is 44.1 Å². The standard InChI is InChI=1S/C21H22N2O7/c1-3-29-20(26)18(24)16-11-15(19(25)28-2)17-12-22(9-10-23(16)17)21(27)30-13-14-7-5-4-6-8-14/h4-8,11H,3,9-10,12-13H2,1-2H3. The number of benzene rings is 1. The van der Waals surface area contributed by atoms with Crippen LogP contribution in [0.25, 0.3) is 0 Å². The molecule has 3 rings (SSSR count). The molecule has 0 aliphatic carbocycles. The first-order valence-corrected chi connectivity index (χ1v) is 9.44. The summed E-state index contributed by atoms with van der Waals surface area (Å²) in [6.07, 6.45) is -0.541. The lowest BCUT2D eigenvalue weighted by Gasteiger charge is -2.29. The molecule has 0 radical (unpaired) electrons. The Balaban J connectivity index is 1.80. The smallest absolute Gasteiger partial charge is 0.410 e. The van der Waals surface area contributed by atoms with Crippen LogP contribution in [0.4, 0.5) is 4.79 Å². The van der Waals surface area contributed by atoms with Crippen LogP contribution >= 0.6 is 0 Å². The van der Waals surface area contributed by atoms with Crippen LogP contribution in [0.5, 0.6) is 0 Å². The number of Topliss-reactive ketones (excluding diaryl/α,β-unsaturated/α-hetero) is 1. The highest BCUT2D eigenvalue weighted by Gasteiger charge is 2.33. The van der Waals surface area contributed by atoms with Crippen LogP contribution in [-0.4, -0.2) is 53.5 Å². The highest BCUT2D eigenvalue weighted by Crippen LogP contribution is 2.24. The third-order valence-corrected chi connectivity index (χ3v) is 4.70. The highest BCUT2D eigenvalue weighted by atomic mass is 16.6. The zero-order chi connectivity index (χ0) is 21.7. The zero-order valence-electron chi connectivity index (χ0n) is 16.8. The maximum atomic E-state index is 12.5. The summed E-state index contributed by atoms with van der Waals surface area (Å²) in [4.78, 5) is 50.5. The van der Waals surface area contributed by atoms with E-state index in [9.17, 15) is 19.2 Å². The van der Waals surface area contributed by atoms with Crippen molar-refractivity contribution in [2.45, 2.75) is 26.6 Å². The molecule has 9 nitrogen and oxygen atoms in total. The number of hydrogen-bond acceptors (Lipinski definition) is 7. The number of nitrogens with zero attached hydrogens (tertiary/aromatic N) is 2. The molecule has 1 aromatic heterocycles. The van der Waals surface area contributed by atoms with E-state index in [0.717, 1.165) is 5.56 Å². The summed E-state index contributed by atoms with van der Waals surface area (Å²) in [7, 11) is 1.22. The van der Waals surface area contributed by atoms with Crippen LogP contribution < -0.4 is 0 Å². The first kappa shape index (κ1) is 21.1. The summed E-state index contributed by atoms with van der Waals surface area (Å²) in [5.41, 5.74) is 1.40. The molecule has 0 saturated heterocycles. The predicted octanol–water partition coefficient (Wildman–Crippen LogP) is 2.17. The molecule has 0 spiro atoms. The quantitative estimate of drug-likeness (QED) is 0.309. The fourth-order valence-electron chi connectivity index (χ4n) is 3.24. The topological polar surface area (TPSA) is 104 Å². The third-order valence-electron chi connectivity index (χ3n) is 4.70. The average molecular weight is 414 g/mol. The Labute approximate surface area is 173 Å². The minimum Gasteiger partial charge on any atom is -0.465 e. The number of aromatic nitrogens is 1. The van der Waals surface area contributed by atoms with Crippen molar-refractivity contribution in [2.24, 2.45) is 0 Å². The maximum Gasteiger partial charge on any atom is 0.410 e. The second-order valence-electron chi connectivity index (χ2n) is 6.54. The fraction of sp³-hybridized carbons (Fsp3) is 0.333. The number of ketones is 1. The van der Waals surface area contributed by atoms with Gasteiger partial charge in [0.25, 0.3) is 5.78 Å². The zero-order valence-corrected chi connectivity index (χ0v) is 16.8. The summed E-state index contributed by atoms with van der Waals surface area (Å²) in [5.74, 6) is -2.52. The van der Waals surface area contributed by atoms with Crippen LogP contribution in [0.2, 0.25) is 0 Å². The van der Waals surface area contributed by atoms with Gasteiger partial charge in [0.1, 0.15) is 6.61 Å². The molecule has 30 heavy (non-hydrogen) atoms. The van der Waals surface area contributed by atoms with E-state index >= 15 is 0 Å². The van der Waals surface area contributed by atoms with Gasteiger partial charge in [0.2, 0.25) is 0 Å². The van der Waals surface area contributed by atoms with Crippen molar-refractivity contribution >= 4 is 23.8 Å². The van der Waals surface area contributed by atoms with E-state index < -0.39 is 23.8 Å². The Morgan fingerprint density at radius 2 is 1.77 bits per heavy atom. The first-order valence-electron chi connectivity index (χ1n) is 9.44. The van der Waals surface area contributed by atoms with Crippen molar-refractivity contribution in [3.05, 3.63) is 58.9 Å². The van der Waals surface area contributed by atoms with E-state index in [1.165, 1.54) is 18.1 Å². The normalized spacial score (nSPS) is 12.7. The molecular weight excluding hydrogens is 392 g/mol. The van der Waals surface area contributed by atoms with Crippen molar-refractivity contribution in [1.82, 2.24) is 9.47 Å². The lowest BCUT2D eigenvalue weighted by atomic mass is 10.2. The molecule has 0 saturated carbocycles. The molecule has 1 aliphatic rings. The van der Waals surface area contributed by atoms with Gasteiger partial charge in [-0.2, -0.15) is 0 Å². The number of esters is 2. The number of methoxy groups -OCH3 is 1. The number of rotatable bonds is 6. The Morgan fingerprint density at radius 3 is 2.43 bits per heavy atom. The minimum absolute atomic E-state index is 0.0288. The van der Waals surface area contributed by atoms with Crippen LogP contribution in [0, 0.1) is 0 Å². The van der Waals surface area contributed by atoms with E-state index in [1.54, 1.807) is 11.5 Å². The van der Waals surface area contributed by atoms with Crippen molar-refractivity contribution in [2.75, 3.05) is 20.3 Å². The molecule has 1 aliphatic heterocycles. The molecule has 9 heteroatoms. The van der Waals surface area contributed by atoms with Crippen LogP contribution in [-0.2, 0) is 38.7 Å². The van der Waals surface area contributed by atoms with Crippen LogP contribution in [0.15, 0.2) is 36.4 Å². The monoisotopic (exact) mass is 414 g/mol. The maximum absolute atomic E-state index is 12.5. The van der Waals surface area contributed by atoms with Gasteiger partial charge in [-0.3, -0.25) is 4.79 Å². The van der Waals surface area contributed by atoms with Crippen molar-refractivity contribution in [3.63, 3.8) is 0 Å². The van der Waals surface area contributed by atoms with Gasteiger partial charge in [-0.05, 0) is 18.6 Å². The van der Waals surface area contributed by atoms with Gasteiger partial charge in [0.15, 0.2) is 0 Å².